The molecule has 94 valence electrons. The predicted molar refractivity (Wildman–Crippen MR) is 64.6 cm³/mol. The van der Waals surface area contributed by atoms with E-state index in [0.29, 0.717) is 11.1 Å². The molecule has 4 N–H and O–H groups in total. The van der Waals surface area contributed by atoms with Crippen LogP contribution in [0.15, 0.2) is 30.3 Å². The lowest BCUT2D eigenvalue weighted by molar-refractivity contribution is -0.131. The third-order valence-electron chi connectivity index (χ3n) is 1.99. The van der Waals surface area contributed by atoms with Crippen LogP contribution >= 0.6 is 0 Å². The molecule has 2 amide bonds. The summed E-state index contributed by atoms with van der Waals surface area (Å²) in [4.78, 5) is 32.4. The zero-order chi connectivity index (χ0) is 13.5. The van der Waals surface area contributed by atoms with Crippen LogP contribution in [0.1, 0.15) is 15.9 Å². The summed E-state index contributed by atoms with van der Waals surface area (Å²) in [5.41, 5.74) is 5.80. The highest BCUT2D eigenvalue weighted by Gasteiger charge is 2.06. The summed E-state index contributed by atoms with van der Waals surface area (Å²) in [5.74, 6) is -2.15. The number of carbonyl (C=O) groups excluding carboxylic acids is 2. The van der Waals surface area contributed by atoms with Crippen LogP contribution in [0.4, 0.5) is 0 Å². The van der Waals surface area contributed by atoms with E-state index in [9.17, 15) is 14.4 Å². The Bertz CT molecular complexity index is 509. The zero-order valence-electron chi connectivity index (χ0n) is 9.42. The van der Waals surface area contributed by atoms with Crippen molar-refractivity contribution in [2.24, 2.45) is 5.73 Å². The second-order valence-electron chi connectivity index (χ2n) is 3.45. The van der Waals surface area contributed by atoms with E-state index in [0.717, 1.165) is 6.08 Å². The van der Waals surface area contributed by atoms with Crippen LogP contribution in [0.3, 0.4) is 0 Å². The maximum atomic E-state index is 11.6. The van der Waals surface area contributed by atoms with Crippen LogP contribution in [0.25, 0.3) is 6.08 Å². The number of carbonyl (C=O) groups is 3. The number of rotatable bonds is 5. The van der Waals surface area contributed by atoms with E-state index in [-0.39, 0.29) is 6.54 Å². The van der Waals surface area contributed by atoms with Crippen LogP contribution in [0, 0.1) is 0 Å². The van der Waals surface area contributed by atoms with E-state index < -0.39 is 17.8 Å². The first-order chi connectivity index (χ1) is 8.49. The van der Waals surface area contributed by atoms with Gasteiger partial charge in [0.15, 0.2) is 0 Å². The van der Waals surface area contributed by atoms with Crippen LogP contribution in [0.2, 0.25) is 0 Å². The Morgan fingerprint density at radius 2 is 2.06 bits per heavy atom. The summed E-state index contributed by atoms with van der Waals surface area (Å²) >= 11 is 0. The van der Waals surface area contributed by atoms with Gasteiger partial charge < -0.3 is 16.2 Å². The number of nitrogens with two attached hydrogens (primary N) is 1. The Morgan fingerprint density at radius 3 is 2.67 bits per heavy atom. The van der Waals surface area contributed by atoms with Crippen molar-refractivity contribution < 1.29 is 19.5 Å². The number of aliphatic carboxylic acids is 1. The van der Waals surface area contributed by atoms with Crippen LogP contribution in [-0.4, -0.2) is 29.4 Å². The molecule has 0 aliphatic carbocycles. The molecular formula is C12H12N2O4. The number of amides is 2. The summed E-state index contributed by atoms with van der Waals surface area (Å²) in [6.45, 7) is -0.242. The number of benzene rings is 1. The minimum Gasteiger partial charge on any atom is -0.478 e. The van der Waals surface area contributed by atoms with Gasteiger partial charge in [-0.3, -0.25) is 9.59 Å². The van der Waals surface area contributed by atoms with Gasteiger partial charge in [-0.15, -0.1) is 0 Å². The molecule has 18 heavy (non-hydrogen) atoms. The van der Waals surface area contributed by atoms with E-state index in [1.54, 1.807) is 18.2 Å². The lowest BCUT2D eigenvalue weighted by Gasteiger charge is -2.03. The quantitative estimate of drug-likeness (QED) is 0.637. The maximum Gasteiger partial charge on any atom is 0.328 e. The first kappa shape index (κ1) is 13.4. The molecule has 0 unspecified atom stereocenters. The Kier molecular flexibility index (Phi) is 4.62. The smallest absolute Gasteiger partial charge is 0.328 e. The molecule has 0 aliphatic rings. The summed E-state index contributed by atoms with van der Waals surface area (Å²) in [6, 6.07) is 6.33. The van der Waals surface area contributed by atoms with Gasteiger partial charge in [0.1, 0.15) is 0 Å². The highest BCUT2D eigenvalue weighted by molar-refractivity contribution is 5.97. The van der Waals surface area contributed by atoms with Crippen molar-refractivity contribution in [3.63, 3.8) is 0 Å². The molecule has 0 saturated heterocycles. The number of hydrogen-bond donors (Lipinski definition) is 3. The van der Waals surface area contributed by atoms with E-state index >= 15 is 0 Å². The SMILES string of the molecule is NC(=O)CNC(=O)c1cccc(/C=C/C(=O)O)c1. The summed E-state index contributed by atoms with van der Waals surface area (Å²) < 4.78 is 0. The molecule has 1 aromatic rings. The van der Waals surface area contributed by atoms with Gasteiger partial charge in [0, 0.05) is 11.6 Å². The highest BCUT2D eigenvalue weighted by Crippen LogP contribution is 2.07. The van der Waals surface area contributed by atoms with Crippen molar-refractivity contribution in [3.05, 3.63) is 41.5 Å². The summed E-state index contributed by atoms with van der Waals surface area (Å²) in [7, 11) is 0. The van der Waals surface area contributed by atoms with E-state index in [2.05, 4.69) is 5.32 Å². The van der Waals surface area contributed by atoms with E-state index in [4.69, 9.17) is 10.8 Å². The molecule has 0 atom stereocenters. The molecule has 0 saturated carbocycles. The molecule has 0 fully saturated rings. The van der Waals surface area contributed by atoms with Gasteiger partial charge in [-0.05, 0) is 23.8 Å². The second-order valence-corrected chi connectivity index (χ2v) is 3.45. The average molecular weight is 248 g/mol. The normalized spacial score (nSPS) is 10.2. The molecular weight excluding hydrogens is 236 g/mol. The largest absolute Gasteiger partial charge is 0.478 e. The van der Waals surface area contributed by atoms with Gasteiger partial charge >= 0.3 is 5.97 Å². The van der Waals surface area contributed by atoms with Gasteiger partial charge in [-0.25, -0.2) is 4.79 Å². The third-order valence-corrected chi connectivity index (χ3v) is 1.99. The van der Waals surface area contributed by atoms with Crippen molar-refractivity contribution in [1.29, 1.82) is 0 Å². The van der Waals surface area contributed by atoms with Gasteiger partial charge in [-0.1, -0.05) is 12.1 Å². The molecule has 0 heterocycles. The zero-order valence-corrected chi connectivity index (χ0v) is 9.42. The molecule has 0 spiro atoms. The summed E-state index contributed by atoms with van der Waals surface area (Å²) in [5, 5.41) is 10.8. The second kappa shape index (κ2) is 6.19. The first-order valence-corrected chi connectivity index (χ1v) is 5.06. The van der Waals surface area contributed by atoms with Crippen LogP contribution < -0.4 is 11.1 Å². The monoisotopic (exact) mass is 248 g/mol. The van der Waals surface area contributed by atoms with Crippen molar-refractivity contribution in [2.45, 2.75) is 0 Å². The summed E-state index contributed by atoms with van der Waals surface area (Å²) in [6.07, 6.45) is 2.34. The number of carboxylic acid groups (broad SMARTS) is 1. The molecule has 0 aliphatic heterocycles. The molecule has 6 nitrogen and oxygen atoms in total. The van der Waals surface area contributed by atoms with Crippen molar-refractivity contribution in [2.75, 3.05) is 6.54 Å². The number of nitrogens with one attached hydrogen (secondary N) is 1. The maximum absolute atomic E-state index is 11.6. The number of hydrogen-bond acceptors (Lipinski definition) is 3. The molecule has 1 rings (SSSR count). The van der Waals surface area contributed by atoms with Crippen molar-refractivity contribution in [1.82, 2.24) is 5.32 Å². The Balaban J connectivity index is 2.78. The van der Waals surface area contributed by atoms with Crippen LogP contribution in [0.5, 0.6) is 0 Å². The highest BCUT2D eigenvalue weighted by atomic mass is 16.4. The van der Waals surface area contributed by atoms with E-state index in [1.807, 2.05) is 0 Å². The van der Waals surface area contributed by atoms with Gasteiger partial charge in [0.2, 0.25) is 5.91 Å². The van der Waals surface area contributed by atoms with Crippen molar-refractivity contribution >= 4 is 23.9 Å². The molecule has 0 aromatic heterocycles. The molecule has 1 aromatic carbocycles. The van der Waals surface area contributed by atoms with Gasteiger partial charge in [0.25, 0.3) is 5.91 Å². The number of carboxylic acids is 1. The topological polar surface area (TPSA) is 109 Å². The van der Waals surface area contributed by atoms with E-state index in [1.165, 1.54) is 12.1 Å². The first-order valence-electron chi connectivity index (χ1n) is 5.06. The fourth-order valence-corrected chi connectivity index (χ4v) is 1.22. The Labute approximate surface area is 103 Å². The fraction of sp³-hybridized carbons (Fsp3) is 0.0833. The third kappa shape index (κ3) is 4.48. The Morgan fingerprint density at radius 1 is 1.33 bits per heavy atom. The molecule has 0 radical (unpaired) electrons. The minimum atomic E-state index is -1.07. The van der Waals surface area contributed by atoms with Gasteiger partial charge in [-0.2, -0.15) is 0 Å². The van der Waals surface area contributed by atoms with Gasteiger partial charge in [0.05, 0.1) is 6.54 Å². The lowest BCUT2D eigenvalue weighted by atomic mass is 10.1. The minimum absolute atomic E-state index is 0.242. The Hall–Kier alpha value is -2.63. The lowest BCUT2D eigenvalue weighted by Crippen LogP contribution is -2.33. The average Bonchev–Trinajstić information content (AvgIpc) is 2.33. The fourth-order valence-electron chi connectivity index (χ4n) is 1.22. The molecule has 0 bridgehead atoms. The molecule has 6 heteroatoms. The van der Waals surface area contributed by atoms with Crippen molar-refractivity contribution in [3.8, 4) is 0 Å². The standard InChI is InChI=1S/C12H12N2O4/c13-10(15)7-14-12(18)9-3-1-2-8(6-9)4-5-11(16)17/h1-6H,7H2,(H2,13,15)(H,14,18)(H,16,17)/b5-4+. The number of primary amides is 1. The van der Waals surface area contributed by atoms with Crippen LogP contribution in [-0.2, 0) is 9.59 Å². The predicted octanol–water partition coefficient (Wildman–Crippen LogP) is -0.000500.